The molecule has 0 bridgehead atoms. The minimum atomic E-state index is -0.0387. The minimum absolute atomic E-state index is 0.0259. The maximum absolute atomic E-state index is 12.7. The number of thioether (sulfide) groups is 1. The third-order valence-corrected chi connectivity index (χ3v) is 6.12. The van der Waals surface area contributed by atoms with Crippen LogP contribution in [0.2, 0.25) is 0 Å². The monoisotopic (exact) mass is 377 g/mol. The molecule has 6 heteroatoms. The molecule has 0 radical (unpaired) electrons. The molecule has 1 saturated carbocycles. The Labute approximate surface area is 160 Å². The predicted octanol–water partition coefficient (Wildman–Crippen LogP) is 2.96. The molecule has 2 aliphatic rings. The van der Waals surface area contributed by atoms with Gasteiger partial charge >= 0.3 is 0 Å². The van der Waals surface area contributed by atoms with Crippen LogP contribution in [-0.4, -0.2) is 52.4 Å². The van der Waals surface area contributed by atoms with E-state index in [2.05, 4.69) is 30.7 Å². The molecule has 0 spiro atoms. The highest BCUT2D eigenvalue weighted by Crippen LogP contribution is 2.41. The lowest BCUT2D eigenvalue weighted by Crippen LogP contribution is -2.41. The fraction of sp³-hybridized carbons (Fsp3) is 0.700. The van der Waals surface area contributed by atoms with Crippen molar-refractivity contribution in [1.29, 1.82) is 0 Å². The number of nitrogens with one attached hydrogen (secondary N) is 1. The Morgan fingerprint density at radius 3 is 2.58 bits per heavy atom. The van der Waals surface area contributed by atoms with Gasteiger partial charge in [-0.3, -0.25) is 9.59 Å². The van der Waals surface area contributed by atoms with Gasteiger partial charge in [0.05, 0.1) is 11.6 Å². The van der Waals surface area contributed by atoms with Crippen LogP contribution in [0.1, 0.15) is 50.4 Å². The summed E-state index contributed by atoms with van der Waals surface area (Å²) in [6.45, 7) is 7.80. The predicted molar refractivity (Wildman–Crippen MR) is 106 cm³/mol. The molecule has 1 aliphatic carbocycles. The van der Waals surface area contributed by atoms with Crippen molar-refractivity contribution >= 4 is 23.6 Å². The lowest BCUT2D eigenvalue weighted by atomic mass is 9.98. The van der Waals surface area contributed by atoms with E-state index >= 15 is 0 Å². The van der Waals surface area contributed by atoms with E-state index in [9.17, 15) is 9.59 Å². The number of carbonyl (C=O) groups is 2. The van der Waals surface area contributed by atoms with E-state index in [1.165, 1.54) is 12.8 Å². The Kier molecular flexibility index (Phi) is 5.70. The molecule has 1 saturated heterocycles. The van der Waals surface area contributed by atoms with Crippen LogP contribution >= 0.6 is 11.8 Å². The van der Waals surface area contributed by atoms with Crippen molar-refractivity contribution in [2.75, 3.05) is 25.1 Å². The summed E-state index contributed by atoms with van der Waals surface area (Å²) < 4.78 is 2.06. The highest BCUT2D eigenvalue weighted by atomic mass is 32.2. The van der Waals surface area contributed by atoms with E-state index in [1.54, 1.807) is 11.8 Å². The molecular weight excluding hydrogens is 346 g/mol. The fourth-order valence-electron chi connectivity index (χ4n) is 3.73. The van der Waals surface area contributed by atoms with E-state index in [0.717, 1.165) is 12.3 Å². The van der Waals surface area contributed by atoms with Gasteiger partial charge in [-0.2, -0.15) is 11.8 Å². The SMILES string of the molecule is CSCCC(=O)N1C[C@H](NC(=O)c2ccn(C(C)(C)C)c2)[C@@H](C2CC2)C1. The first-order chi connectivity index (χ1) is 12.3. The third-order valence-electron chi connectivity index (χ3n) is 5.51. The second-order valence-corrected chi connectivity index (χ2v) is 9.59. The second kappa shape index (κ2) is 7.67. The van der Waals surface area contributed by atoms with Crippen LogP contribution in [0.3, 0.4) is 0 Å². The number of aromatic nitrogens is 1. The standard InChI is InChI=1S/C20H31N3O2S/c1-20(2,3)23-9-7-15(11-23)19(25)21-17-13-22(18(24)8-10-26-4)12-16(17)14-5-6-14/h7,9,11,14,16-17H,5-6,8,10,12-13H2,1-4H3,(H,21,25)/t16-,17+/m1/s1. The van der Waals surface area contributed by atoms with E-state index in [-0.39, 0.29) is 23.4 Å². The van der Waals surface area contributed by atoms with Gasteiger partial charge in [0, 0.05) is 49.1 Å². The lowest BCUT2D eigenvalue weighted by Gasteiger charge is -2.21. The third kappa shape index (κ3) is 4.45. The van der Waals surface area contributed by atoms with Crippen molar-refractivity contribution in [3.8, 4) is 0 Å². The molecular formula is C20H31N3O2S. The zero-order valence-corrected chi connectivity index (χ0v) is 17.1. The lowest BCUT2D eigenvalue weighted by molar-refractivity contribution is -0.129. The summed E-state index contributed by atoms with van der Waals surface area (Å²) in [5.41, 5.74) is 0.657. The average molecular weight is 378 g/mol. The molecule has 2 fully saturated rings. The topological polar surface area (TPSA) is 54.3 Å². The number of amides is 2. The molecule has 0 unspecified atom stereocenters. The summed E-state index contributed by atoms with van der Waals surface area (Å²) in [6.07, 6.45) is 8.94. The maximum Gasteiger partial charge on any atom is 0.253 e. The average Bonchev–Trinajstić information content (AvgIpc) is 3.12. The summed E-state index contributed by atoms with van der Waals surface area (Å²) in [5, 5.41) is 3.22. The van der Waals surface area contributed by atoms with Gasteiger partial charge in [0.15, 0.2) is 0 Å². The number of carbonyl (C=O) groups excluding carboxylic acids is 2. The van der Waals surface area contributed by atoms with Crippen LogP contribution in [0.4, 0.5) is 0 Å². The number of hydrogen-bond acceptors (Lipinski definition) is 3. The minimum Gasteiger partial charge on any atom is -0.348 e. The van der Waals surface area contributed by atoms with Crippen molar-refractivity contribution in [3.63, 3.8) is 0 Å². The van der Waals surface area contributed by atoms with Crippen molar-refractivity contribution in [2.24, 2.45) is 11.8 Å². The first kappa shape index (κ1) is 19.3. The van der Waals surface area contributed by atoms with Gasteiger partial charge in [-0.05, 0) is 51.9 Å². The summed E-state index contributed by atoms with van der Waals surface area (Å²) in [7, 11) is 0. The van der Waals surface area contributed by atoms with E-state index in [0.29, 0.717) is 30.4 Å². The maximum atomic E-state index is 12.7. The van der Waals surface area contributed by atoms with E-state index in [1.807, 2.05) is 29.6 Å². The molecule has 144 valence electrons. The Morgan fingerprint density at radius 2 is 2.00 bits per heavy atom. The zero-order valence-electron chi connectivity index (χ0n) is 16.3. The van der Waals surface area contributed by atoms with Crippen LogP contribution in [0.25, 0.3) is 0 Å². The largest absolute Gasteiger partial charge is 0.348 e. The van der Waals surface area contributed by atoms with Crippen LogP contribution in [0.5, 0.6) is 0 Å². The van der Waals surface area contributed by atoms with Crippen molar-refractivity contribution < 1.29 is 9.59 Å². The van der Waals surface area contributed by atoms with Gasteiger partial charge in [-0.25, -0.2) is 0 Å². The molecule has 1 N–H and O–H groups in total. The molecule has 3 rings (SSSR count). The van der Waals surface area contributed by atoms with Gasteiger partial charge in [-0.15, -0.1) is 0 Å². The van der Waals surface area contributed by atoms with Gasteiger partial charge in [0.2, 0.25) is 5.91 Å². The van der Waals surface area contributed by atoms with Gasteiger partial charge < -0.3 is 14.8 Å². The molecule has 1 aromatic heterocycles. The van der Waals surface area contributed by atoms with Gasteiger partial charge in [0.1, 0.15) is 0 Å². The van der Waals surface area contributed by atoms with Gasteiger partial charge in [0.25, 0.3) is 5.91 Å². The van der Waals surface area contributed by atoms with Crippen LogP contribution < -0.4 is 5.32 Å². The number of likely N-dealkylation sites (tertiary alicyclic amines) is 1. The zero-order chi connectivity index (χ0) is 18.9. The summed E-state index contributed by atoms with van der Waals surface area (Å²) in [6, 6.07) is 1.95. The van der Waals surface area contributed by atoms with Crippen molar-refractivity contribution in [2.45, 2.75) is 51.6 Å². The number of hydrogen-bond donors (Lipinski definition) is 1. The highest BCUT2D eigenvalue weighted by molar-refractivity contribution is 7.98. The van der Waals surface area contributed by atoms with Crippen molar-refractivity contribution in [3.05, 3.63) is 24.0 Å². The Balaban J connectivity index is 1.64. The molecule has 2 amide bonds. The number of rotatable bonds is 6. The molecule has 5 nitrogen and oxygen atoms in total. The Morgan fingerprint density at radius 1 is 1.27 bits per heavy atom. The van der Waals surface area contributed by atoms with E-state index in [4.69, 9.17) is 0 Å². The van der Waals surface area contributed by atoms with Crippen LogP contribution in [0.15, 0.2) is 18.5 Å². The highest BCUT2D eigenvalue weighted by Gasteiger charge is 2.44. The van der Waals surface area contributed by atoms with E-state index < -0.39 is 0 Å². The second-order valence-electron chi connectivity index (χ2n) is 8.60. The molecule has 1 aromatic rings. The normalized spacial score (nSPS) is 23.3. The Hall–Kier alpha value is -1.43. The number of nitrogens with zero attached hydrogens (tertiary/aromatic N) is 2. The molecule has 26 heavy (non-hydrogen) atoms. The van der Waals surface area contributed by atoms with Crippen molar-refractivity contribution in [1.82, 2.24) is 14.8 Å². The molecule has 2 atom stereocenters. The first-order valence-corrected chi connectivity index (χ1v) is 10.9. The Bertz CT molecular complexity index is 660. The molecule has 0 aromatic carbocycles. The summed E-state index contributed by atoms with van der Waals surface area (Å²) >= 11 is 1.70. The smallest absolute Gasteiger partial charge is 0.253 e. The fourth-order valence-corrected chi connectivity index (χ4v) is 4.11. The molecule has 2 heterocycles. The van der Waals surface area contributed by atoms with Crippen LogP contribution in [0, 0.1) is 11.8 Å². The molecule has 1 aliphatic heterocycles. The quantitative estimate of drug-likeness (QED) is 0.829. The first-order valence-electron chi connectivity index (χ1n) is 9.55. The summed E-state index contributed by atoms with van der Waals surface area (Å²) in [4.78, 5) is 27.1. The van der Waals surface area contributed by atoms with Gasteiger partial charge in [-0.1, -0.05) is 0 Å². The van der Waals surface area contributed by atoms with Crippen LogP contribution in [-0.2, 0) is 10.3 Å². The summed E-state index contributed by atoms with van der Waals surface area (Å²) in [5.74, 6) is 2.13.